The summed E-state index contributed by atoms with van der Waals surface area (Å²) in [4.78, 5) is 16.2. The van der Waals surface area contributed by atoms with Crippen molar-refractivity contribution in [1.82, 2.24) is 9.80 Å². The summed E-state index contributed by atoms with van der Waals surface area (Å²) in [5.41, 5.74) is 1.07. The Labute approximate surface area is 112 Å². The fraction of sp³-hybridized carbons (Fsp3) is 0.800. The van der Waals surface area contributed by atoms with Crippen LogP contribution < -0.4 is 0 Å². The molecule has 1 fully saturated rings. The molecule has 1 amide bonds. The molecule has 0 aromatic carbocycles. The average molecular weight is 252 g/mol. The predicted octanol–water partition coefficient (Wildman–Crippen LogP) is 2.39. The number of allylic oxidation sites excluding steroid dienone is 1. The molecule has 1 atom stereocenters. The van der Waals surface area contributed by atoms with E-state index >= 15 is 0 Å². The summed E-state index contributed by atoms with van der Waals surface area (Å²) >= 11 is 0. The monoisotopic (exact) mass is 252 g/mol. The molecule has 1 unspecified atom stereocenters. The summed E-state index contributed by atoms with van der Waals surface area (Å²) in [6, 6.07) is 0. The van der Waals surface area contributed by atoms with Crippen LogP contribution in [-0.4, -0.2) is 48.9 Å². The zero-order chi connectivity index (χ0) is 13.7. The number of hydrogen-bond donors (Lipinski definition) is 0. The van der Waals surface area contributed by atoms with Crippen LogP contribution in [0, 0.1) is 11.8 Å². The van der Waals surface area contributed by atoms with Gasteiger partial charge in [-0.2, -0.15) is 0 Å². The molecule has 1 rings (SSSR count). The highest BCUT2D eigenvalue weighted by Gasteiger charge is 2.24. The van der Waals surface area contributed by atoms with E-state index in [9.17, 15) is 4.79 Å². The van der Waals surface area contributed by atoms with Gasteiger partial charge in [-0.25, -0.2) is 0 Å². The molecule has 1 heterocycles. The normalized spacial score (nSPS) is 20.2. The van der Waals surface area contributed by atoms with E-state index in [2.05, 4.69) is 18.7 Å². The Bertz CT molecular complexity index is 306. The highest BCUT2D eigenvalue weighted by atomic mass is 16.2. The largest absolute Gasteiger partial charge is 0.342 e. The quantitative estimate of drug-likeness (QED) is 0.701. The molecule has 0 saturated carbocycles. The Morgan fingerprint density at radius 3 is 2.67 bits per heavy atom. The standard InChI is InChI=1S/C15H28N2O/c1-12(2)8-15(18)16(5)10-14-6-7-17(11-14)9-13(3)4/h8,13-14H,6-7,9-11H2,1-5H3. The maximum Gasteiger partial charge on any atom is 0.246 e. The molecule has 0 radical (unpaired) electrons. The van der Waals surface area contributed by atoms with Gasteiger partial charge in [-0.05, 0) is 38.6 Å². The van der Waals surface area contributed by atoms with Crippen molar-refractivity contribution < 1.29 is 4.79 Å². The maximum atomic E-state index is 11.8. The van der Waals surface area contributed by atoms with E-state index < -0.39 is 0 Å². The number of hydrogen-bond acceptors (Lipinski definition) is 2. The van der Waals surface area contributed by atoms with Gasteiger partial charge in [0, 0.05) is 32.8 Å². The minimum Gasteiger partial charge on any atom is -0.342 e. The molecule has 1 aliphatic rings. The third-order valence-electron chi connectivity index (χ3n) is 3.31. The number of rotatable bonds is 5. The predicted molar refractivity (Wildman–Crippen MR) is 76.5 cm³/mol. The van der Waals surface area contributed by atoms with Crippen LogP contribution in [0.15, 0.2) is 11.6 Å². The summed E-state index contributed by atoms with van der Waals surface area (Å²) in [6.45, 7) is 12.9. The lowest BCUT2D eigenvalue weighted by molar-refractivity contribution is -0.125. The molecule has 0 bridgehead atoms. The van der Waals surface area contributed by atoms with Crippen molar-refractivity contribution in [2.24, 2.45) is 11.8 Å². The van der Waals surface area contributed by atoms with Gasteiger partial charge in [-0.15, -0.1) is 0 Å². The van der Waals surface area contributed by atoms with Crippen molar-refractivity contribution in [3.63, 3.8) is 0 Å². The Morgan fingerprint density at radius 2 is 2.11 bits per heavy atom. The van der Waals surface area contributed by atoms with E-state index in [1.807, 2.05) is 25.8 Å². The minimum atomic E-state index is 0.136. The second-order valence-corrected chi connectivity index (χ2v) is 6.25. The zero-order valence-corrected chi connectivity index (χ0v) is 12.6. The second kappa shape index (κ2) is 6.93. The number of nitrogens with zero attached hydrogens (tertiary/aromatic N) is 2. The summed E-state index contributed by atoms with van der Waals surface area (Å²) < 4.78 is 0. The Balaban J connectivity index is 2.36. The fourth-order valence-electron chi connectivity index (χ4n) is 2.58. The molecular formula is C15H28N2O. The van der Waals surface area contributed by atoms with Crippen molar-refractivity contribution in [2.45, 2.75) is 34.1 Å². The van der Waals surface area contributed by atoms with Gasteiger partial charge in [0.15, 0.2) is 0 Å². The van der Waals surface area contributed by atoms with E-state index in [-0.39, 0.29) is 5.91 Å². The average Bonchev–Trinajstić information content (AvgIpc) is 2.63. The van der Waals surface area contributed by atoms with E-state index in [4.69, 9.17) is 0 Å². The van der Waals surface area contributed by atoms with Gasteiger partial charge < -0.3 is 9.80 Å². The summed E-state index contributed by atoms with van der Waals surface area (Å²) in [5, 5.41) is 0. The van der Waals surface area contributed by atoms with Gasteiger partial charge in [0.05, 0.1) is 0 Å². The molecular weight excluding hydrogens is 224 g/mol. The molecule has 0 N–H and O–H groups in total. The first kappa shape index (κ1) is 15.2. The first-order chi connectivity index (χ1) is 8.38. The van der Waals surface area contributed by atoms with Crippen LogP contribution in [0.1, 0.15) is 34.1 Å². The zero-order valence-electron chi connectivity index (χ0n) is 12.6. The van der Waals surface area contributed by atoms with E-state index in [1.54, 1.807) is 6.08 Å². The number of carbonyl (C=O) groups is 1. The van der Waals surface area contributed by atoms with E-state index in [1.165, 1.54) is 19.5 Å². The van der Waals surface area contributed by atoms with Crippen LogP contribution in [0.2, 0.25) is 0 Å². The minimum absolute atomic E-state index is 0.136. The summed E-state index contributed by atoms with van der Waals surface area (Å²) in [7, 11) is 1.91. The molecule has 18 heavy (non-hydrogen) atoms. The van der Waals surface area contributed by atoms with Crippen molar-refractivity contribution in [1.29, 1.82) is 0 Å². The molecule has 104 valence electrons. The lowest BCUT2D eigenvalue weighted by atomic mass is 10.1. The van der Waals surface area contributed by atoms with Crippen LogP contribution in [0.5, 0.6) is 0 Å². The van der Waals surface area contributed by atoms with Gasteiger partial charge >= 0.3 is 0 Å². The van der Waals surface area contributed by atoms with Crippen molar-refractivity contribution in [3.8, 4) is 0 Å². The van der Waals surface area contributed by atoms with E-state index in [0.29, 0.717) is 5.92 Å². The lowest BCUT2D eigenvalue weighted by Crippen LogP contribution is -2.32. The first-order valence-corrected chi connectivity index (χ1v) is 7.00. The smallest absolute Gasteiger partial charge is 0.246 e. The van der Waals surface area contributed by atoms with Crippen LogP contribution in [0.3, 0.4) is 0 Å². The van der Waals surface area contributed by atoms with Crippen molar-refractivity contribution in [2.75, 3.05) is 33.2 Å². The summed E-state index contributed by atoms with van der Waals surface area (Å²) in [5.74, 6) is 1.51. The molecule has 3 heteroatoms. The third-order valence-corrected chi connectivity index (χ3v) is 3.31. The fourth-order valence-corrected chi connectivity index (χ4v) is 2.58. The van der Waals surface area contributed by atoms with E-state index in [0.717, 1.165) is 24.6 Å². The van der Waals surface area contributed by atoms with Gasteiger partial charge in [0.2, 0.25) is 5.91 Å². The maximum absolute atomic E-state index is 11.8. The topological polar surface area (TPSA) is 23.6 Å². The number of carbonyl (C=O) groups excluding carboxylic acids is 1. The molecule has 0 aromatic heterocycles. The van der Waals surface area contributed by atoms with Gasteiger partial charge in [0.25, 0.3) is 0 Å². The highest BCUT2D eigenvalue weighted by molar-refractivity contribution is 5.87. The second-order valence-electron chi connectivity index (χ2n) is 6.25. The molecule has 3 nitrogen and oxygen atoms in total. The van der Waals surface area contributed by atoms with Crippen LogP contribution in [0.25, 0.3) is 0 Å². The third kappa shape index (κ3) is 5.21. The van der Waals surface area contributed by atoms with Gasteiger partial charge in [-0.3, -0.25) is 4.79 Å². The molecule has 1 aliphatic heterocycles. The Hall–Kier alpha value is -0.830. The number of amides is 1. The summed E-state index contributed by atoms with van der Waals surface area (Å²) in [6.07, 6.45) is 2.94. The van der Waals surface area contributed by atoms with Crippen molar-refractivity contribution in [3.05, 3.63) is 11.6 Å². The first-order valence-electron chi connectivity index (χ1n) is 7.00. The molecule has 0 aromatic rings. The molecule has 0 aliphatic carbocycles. The molecule has 1 saturated heterocycles. The highest BCUT2D eigenvalue weighted by Crippen LogP contribution is 2.18. The van der Waals surface area contributed by atoms with Gasteiger partial charge in [-0.1, -0.05) is 19.4 Å². The SMILES string of the molecule is CC(C)=CC(=O)N(C)CC1CCN(CC(C)C)C1. The Morgan fingerprint density at radius 1 is 1.44 bits per heavy atom. The van der Waals surface area contributed by atoms with Crippen LogP contribution >= 0.6 is 0 Å². The van der Waals surface area contributed by atoms with Gasteiger partial charge in [0.1, 0.15) is 0 Å². The number of likely N-dealkylation sites (tertiary alicyclic amines) is 1. The van der Waals surface area contributed by atoms with Crippen LogP contribution in [-0.2, 0) is 4.79 Å². The Kier molecular flexibility index (Phi) is 5.86. The lowest BCUT2D eigenvalue weighted by Gasteiger charge is -2.21. The van der Waals surface area contributed by atoms with Crippen molar-refractivity contribution >= 4 is 5.91 Å². The number of likely N-dealkylation sites (N-methyl/N-ethyl adjacent to an activating group) is 1. The molecule has 0 spiro atoms. The van der Waals surface area contributed by atoms with Crippen LogP contribution in [0.4, 0.5) is 0 Å².